The summed E-state index contributed by atoms with van der Waals surface area (Å²) in [4.78, 5) is 16.5. The van der Waals surface area contributed by atoms with Crippen LogP contribution in [0.15, 0.2) is 35.1 Å². The predicted octanol–water partition coefficient (Wildman–Crippen LogP) is 2.10. The van der Waals surface area contributed by atoms with Gasteiger partial charge in [-0.15, -0.1) is 0 Å². The Hall–Kier alpha value is -2.67. The van der Waals surface area contributed by atoms with E-state index in [4.69, 9.17) is 4.42 Å². The van der Waals surface area contributed by atoms with Crippen molar-refractivity contribution in [3.8, 4) is 0 Å². The molecule has 2 atom stereocenters. The lowest BCUT2D eigenvalue weighted by atomic mass is 10.1. The lowest BCUT2D eigenvalue weighted by Gasteiger charge is -2.16. The Morgan fingerprint density at radius 1 is 1.52 bits per heavy atom. The highest BCUT2D eigenvalue weighted by molar-refractivity contribution is 5.97. The minimum atomic E-state index is -0.753. The highest BCUT2D eigenvalue weighted by Crippen LogP contribution is 2.19. The van der Waals surface area contributed by atoms with E-state index < -0.39 is 6.10 Å². The number of aromatic nitrogens is 3. The molecular formula is C16H18N4O3. The summed E-state index contributed by atoms with van der Waals surface area (Å²) in [6, 6.07) is 4.96. The van der Waals surface area contributed by atoms with Crippen molar-refractivity contribution >= 4 is 16.9 Å². The number of aryl methyl sites for hydroxylation is 1. The van der Waals surface area contributed by atoms with E-state index in [0.29, 0.717) is 23.4 Å². The van der Waals surface area contributed by atoms with Crippen LogP contribution in [0.4, 0.5) is 0 Å². The second-order valence-electron chi connectivity index (χ2n) is 5.59. The van der Waals surface area contributed by atoms with E-state index in [1.54, 1.807) is 18.2 Å². The zero-order chi connectivity index (χ0) is 16.4. The van der Waals surface area contributed by atoms with Crippen LogP contribution in [0.1, 0.15) is 41.3 Å². The number of amides is 1. The van der Waals surface area contributed by atoms with Gasteiger partial charge >= 0.3 is 0 Å². The second-order valence-corrected chi connectivity index (χ2v) is 5.59. The zero-order valence-electron chi connectivity index (χ0n) is 12.9. The Morgan fingerprint density at radius 2 is 2.35 bits per heavy atom. The Labute approximate surface area is 132 Å². The number of furan rings is 1. The first-order valence-corrected chi connectivity index (χ1v) is 7.37. The van der Waals surface area contributed by atoms with Crippen LogP contribution in [0.2, 0.25) is 0 Å². The summed E-state index contributed by atoms with van der Waals surface area (Å²) in [6.45, 7) is 3.71. The largest absolute Gasteiger partial charge is 0.467 e. The van der Waals surface area contributed by atoms with E-state index in [1.807, 2.05) is 13.8 Å². The van der Waals surface area contributed by atoms with Crippen molar-refractivity contribution in [2.45, 2.75) is 32.4 Å². The number of carbonyl (C=O) groups excluding carboxylic acids is 1. The Morgan fingerprint density at radius 3 is 3.09 bits per heavy atom. The summed E-state index contributed by atoms with van der Waals surface area (Å²) in [5.41, 5.74) is 1.91. The number of aromatic amines is 1. The maximum atomic E-state index is 12.3. The number of hydrogen-bond acceptors (Lipinski definition) is 5. The number of carbonyl (C=O) groups is 1. The third-order valence-electron chi connectivity index (χ3n) is 3.69. The summed E-state index contributed by atoms with van der Waals surface area (Å²) in [6.07, 6.45) is 2.61. The van der Waals surface area contributed by atoms with E-state index >= 15 is 0 Å². The number of fused-ring (bicyclic) bond motifs is 1. The molecule has 0 aliphatic carbocycles. The molecule has 3 N–H and O–H groups in total. The third kappa shape index (κ3) is 3.24. The predicted molar refractivity (Wildman–Crippen MR) is 83.8 cm³/mol. The van der Waals surface area contributed by atoms with Crippen molar-refractivity contribution < 1.29 is 14.3 Å². The van der Waals surface area contributed by atoms with Crippen LogP contribution in [0, 0.1) is 6.92 Å². The summed E-state index contributed by atoms with van der Waals surface area (Å²) in [5, 5.41) is 20.6. The average molecular weight is 314 g/mol. The van der Waals surface area contributed by atoms with Crippen molar-refractivity contribution in [2.24, 2.45) is 0 Å². The van der Waals surface area contributed by atoms with E-state index in [2.05, 4.69) is 20.5 Å². The fourth-order valence-corrected chi connectivity index (χ4v) is 2.44. The third-order valence-corrected chi connectivity index (χ3v) is 3.69. The summed E-state index contributed by atoms with van der Waals surface area (Å²) in [7, 11) is 0. The smallest absolute Gasteiger partial charge is 0.253 e. The van der Waals surface area contributed by atoms with Crippen LogP contribution in [0.5, 0.6) is 0 Å². The summed E-state index contributed by atoms with van der Waals surface area (Å²) in [5.74, 6) is 0.252. The molecule has 3 rings (SSSR count). The molecule has 3 heterocycles. The monoisotopic (exact) mass is 314 g/mol. The minimum Gasteiger partial charge on any atom is -0.467 e. The number of H-pyrrole nitrogens is 1. The topological polar surface area (TPSA) is 104 Å². The molecule has 0 radical (unpaired) electrons. The highest BCUT2D eigenvalue weighted by Gasteiger charge is 2.17. The van der Waals surface area contributed by atoms with Crippen LogP contribution in [-0.2, 0) is 0 Å². The standard InChI is InChI=1S/C16H18N4O3/c1-9(6-13(21)14-4-3-5-23-14)18-16(22)11-7-12-10(2)19-20-15(12)17-8-11/h3-5,7-9,13,21H,6H2,1-2H3,(H,18,22)(H,17,19,20). The van der Waals surface area contributed by atoms with Crippen molar-refractivity contribution in [2.75, 3.05) is 0 Å². The molecule has 0 saturated carbocycles. The Kier molecular flexibility index (Phi) is 4.12. The van der Waals surface area contributed by atoms with Gasteiger partial charge in [-0.3, -0.25) is 9.89 Å². The van der Waals surface area contributed by atoms with Crippen molar-refractivity contribution in [3.63, 3.8) is 0 Å². The molecule has 0 aliphatic heterocycles. The summed E-state index contributed by atoms with van der Waals surface area (Å²) < 4.78 is 5.16. The second kappa shape index (κ2) is 6.21. The first-order valence-electron chi connectivity index (χ1n) is 7.37. The van der Waals surface area contributed by atoms with Crippen molar-refractivity contribution in [1.29, 1.82) is 0 Å². The molecule has 3 aromatic rings. The fourth-order valence-electron chi connectivity index (χ4n) is 2.44. The SMILES string of the molecule is Cc1[nH]nc2ncc(C(=O)NC(C)CC(O)c3ccco3)cc12. The van der Waals surface area contributed by atoms with Gasteiger partial charge in [0.1, 0.15) is 11.9 Å². The number of aliphatic hydroxyl groups excluding tert-OH is 1. The first-order chi connectivity index (χ1) is 11.0. The van der Waals surface area contributed by atoms with E-state index in [0.717, 1.165) is 11.1 Å². The van der Waals surface area contributed by atoms with Gasteiger partial charge in [0, 0.05) is 29.7 Å². The lowest BCUT2D eigenvalue weighted by Crippen LogP contribution is -2.33. The van der Waals surface area contributed by atoms with Crippen LogP contribution in [0.3, 0.4) is 0 Å². The molecule has 120 valence electrons. The van der Waals surface area contributed by atoms with Gasteiger partial charge in [0.2, 0.25) is 0 Å². The molecule has 0 bridgehead atoms. The molecule has 7 heteroatoms. The molecular weight excluding hydrogens is 296 g/mol. The summed E-state index contributed by atoms with van der Waals surface area (Å²) >= 11 is 0. The number of aliphatic hydroxyl groups is 1. The number of hydrogen-bond donors (Lipinski definition) is 3. The van der Waals surface area contributed by atoms with Crippen LogP contribution >= 0.6 is 0 Å². The molecule has 1 amide bonds. The van der Waals surface area contributed by atoms with E-state index in [1.165, 1.54) is 12.5 Å². The van der Waals surface area contributed by atoms with Crippen molar-refractivity contribution in [1.82, 2.24) is 20.5 Å². The molecule has 23 heavy (non-hydrogen) atoms. The van der Waals surface area contributed by atoms with Crippen LogP contribution < -0.4 is 5.32 Å². The average Bonchev–Trinajstić information content (AvgIpc) is 3.17. The quantitative estimate of drug-likeness (QED) is 0.669. The lowest BCUT2D eigenvalue weighted by molar-refractivity contribution is 0.0903. The van der Waals surface area contributed by atoms with Crippen LogP contribution in [0.25, 0.3) is 11.0 Å². The maximum Gasteiger partial charge on any atom is 0.253 e. The van der Waals surface area contributed by atoms with Gasteiger partial charge in [-0.05, 0) is 32.0 Å². The van der Waals surface area contributed by atoms with Gasteiger partial charge in [-0.1, -0.05) is 0 Å². The zero-order valence-corrected chi connectivity index (χ0v) is 12.9. The van der Waals surface area contributed by atoms with Gasteiger partial charge < -0.3 is 14.8 Å². The van der Waals surface area contributed by atoms with Crippen molar-refractivity contribution in [3.05, 3.63) is 47.7 Å². The number of nitrogens with one attached hydrogen (secondary N) is 2. The molecule has 0 spiro atoms. The number of pyridine rings is 1. The van der Waals surface area contributed by atoms with Crippen LogP contribution in [-0.4, -0.2) is 32.2 Å². The molecule has 0 fully saturated rings. The van der Waals surface area contributed by atoms with Gasteiger partial charge in [0.25, 0.3) is 5.91 Å². The number of rotatable bonds is 5. The van der Waals surface area contributed by atoms with E-state index in [-0.39, 0.29) is 11.9 Å². The Bertz CT molecular complexity index is 810. The molecule has 3 aromatic heterocycles. The van der Waals surface area contributed by atoms with Gasteiger partial charge in [-0.2, -0.15) is 5.10 Å². The molecule has 2 unspecified atom stereocenters. The van der Waals surface area contributed by atoms with Gasteiger partial charge in [0.15, 0.2) is 5.65 Å². The van der Waals surface area contributed by atoms with Gasteiger partial charge in [-0.25, -0.2) is 4.98 Å². The minimum absolute atomic E-state index is 0.219. The maximum absolute atomic E-state index is 12.3. The normalized spacial score (nSPS) is 13.9. The highest BCUT2D eigenvalue weighted by atomic mass is 16.4. The fraction of sp³-hybridized carbons (Fsp3) is 0.312. The molecule has 0 aliphatic rings. The molecule has 7 nitrogen and oxygen atoms in total. The molecule has 0 aromatic carbocycles. The first kappa shape index (κ1) is 15.2. The van der Waals surface area contributed by atoms with E-state index in [9.17, 15) is 9.90 Å². The molecule has 0 saturated heterocycles. The Balaban J connectivity index is 1.66. The van der Waals surface area contributed by atoms with Gasteiger partial charge in [0.05, 0.1) is 11.8 Å². The number of nitrogens with zero attached hydrogens (tertiary/aromatic N) is 2.